The number of benzene rings is 2. The summed E-state index contributed by atoms with van der Waals surface area (Å²) in [5.74, 6) is 0.306. The third-order valence-corrected chi connectivity index (χ3v) is 5.92. The summed E-state index contributed by atoms with van der Waals surface area (Å²) < 4.78 is 0. The van der Waals surface area contributed by atoms with Crippen molar-refractivity contribution in [1.82, 2.24) is 10.2 Å². The first-order chi connectivity index (χ1) is 12.1. The summed E-state index contributed by atoms with van der Waals surface area (Å²) in [4.78, 5) is 15.0. The van der Waals surface area contributed by atoms with E-state index in [0.717, 1.165) is 32.4 Å². The summed E-state index contributed by atoms with van der Waals surface area (Å²) in [6.45, 7) is 3.89. The Kier molecular flexibility index (Phi) is 4.34. The third kappa shape index (κ3) is 3.21. The lowest BCUT2D eigenvalue weighted by Crippen LogP contribution is -2.47. The van der Waals surface area contributed by atoms with Crippen molar-refractivity contribution in [3.8, 4) is 0 Å². The van der Waals surface area contributed by atoms with Crippen molar-refractivity contribution in [1.29, 1.82) is 0 Å². The fourth-order valence-corrected chi connectivity index (χ4v) is 4.33. The van der Waals surface area contributed by atoms with Gasteiger partial charge in [0.05, 0.1) is 0 Å². The summed E-state index contributed by atoms with van der Waals surface area (Å²) in [6, 6.07) is 15.4. The van der Waals surface area contributed by atoms with Crippen LogP contribution < -0.4 is 5.32 Å². The highest BCUT2D eigenvalue weighted by Crippen LogP contribution is 2.27. The van der Waals surface area contributed by atoms with E-state index in [1.807, 2.05) is 0 Å². The molecular weight excluding hydrogens is 308 g/mol. The molecule has 0 fully saturated rings. The van der Waals surface area contributed by atoms with Gasteiger partial charge < -0.3 is 5.32 Å². The van der Waals surface area contributed by atoms with Crippen LogP contribution in [0.25, 0.3) is 0 Å². The SMILES string of the molecule is Cc1cccc2c1C[C@H](CNC(=O)C1Cc3ccccc3C1)N(C)C2. The molecule has 0 radical (unpaired) electrons. The lowest BCUT2D eigenvalue weighted by atomic mass is 9.91. The van der Waals surface area contributed by atoms with Gasteiger partial charge in [0.25, 0.3) is 0 Å². The number of rotatable bonds is 3. The molecule has 0 spiro atoms. The van der Waals surface area contributed by atoms with E-state index in [2.05, 4.69) is 66.7 Å². The van der Waals surface area contributed by atoms with E-state index in [-0.39, 0.29) is 11.8 Å². The first-order valence-corrected chi connectivity index (χ1v) is 9.24. The Bertz CT molecular complexity index is 773. The Balaban J connectivity index is 1.37. The molecule has 0 unspecified atom stereocenters. The number of carbonyl (C=O) groups excluding carboxylic acids is 1. The molecule has 4 rings (SSSR count). The first kappa shape index (κ1) is 16.3. The molecule has 1 atom stereocenters. The number of nitrogens with zero attached hydrogens (tertiary/aromatic N) is 1. The molecule has 130 valence electrons. The monoisotopic (exact) mass is 334 g/mol. The molecule has 3 heteroatoms. The van der Waals surface area contributed by atoms with E-state index in [9.17, 15) is 4.79 Å². The minimum atomic E-state index is 0.0975. The molecule has 0 bridgehead atoms. The van der Waals surface area contributed by atoms with E-state index in [4.69, 9.17) is 0 Å². The molecule has 25 heavy (non-hydrogen) atoms. The van der Waals surface area contributed by atoms with Crippen LogP contribution in [0, 0.1) is 12.8 Å². The maximum atomic E-state index is 12.6. The molecule has 2 aromatic carbocycles. The molecule has 1 aliphatic carbocycles. The van der Waals surface area contributed by atoms with Crippen molar-refractivity contribution in [3.05, 3.63) is 70.3 Å². The van der Waals surface area contributed by atoms with E-state index in [1.165, 1.54) is 27.8 Å². The van der Waals surface area contributed by atoms with Crippen LogP contribution in [0.4, 0.5) is 0 Å². The smallest absolute Gasteiger partial charge is 0.223 e. The fourth-order valence-electron chi connectivity index (χ4n) is 4.33. The average molecular weight is 334 g/mol. The third-order valence-electron chi connectivity index (χ3n) is 5.92. The predicted molar refractivity (Wildman–Crippen MR) is 100 cm³/mol. The second kappa shape index (κ2) is 6.64. The first-order valence-electron chi connectivity index (χ1n) is 9.24. The average Bonchev–Trinajstić information content (AvgIpc) is 3.04. The molecule has 2 aromatic rings. The van der Waals surface area contributed by atoms with Crippen LogP contribution in [0.1, 0.15) is 27.8 Å². The molecular formula is C22H26N2O. The number of amides is 1. The molecule has 0 saturated heterocycles. The summed E-state index contributed by atoms with van der Waals surface area (Å²) in [6.07, 6.45) is 2.78. The predicted octanol–water partition coefficient (Wildman–Crippen LogP) is 2.88. The Morgan fingerprint density at radius 3 is 2.44 bits per heavy atom. The summed E-state index contributed by atoms with van der Waals surface area (Å²) in [5, 5.41) is 3.23. The second-order valence-corrected chi connectivity index (χ2v) is 7.60. The zero-order valence-corrected chi connectivity index (χ0v) is 15.1. The van der Waals surface area contributed by atoms with Crippen LogP contribution in [-0.4, -0.2) is 30.4 Å². The van der Waals surface area contributed by atoms with Crippen molar-refractivity contribution < 1.29 is 4.79 Å². The van der Waals surface area contributed by atoms with Gasteiger partial charge in [-0.3, -0.25) is 9.69 Å². The zero-order chi connectivity index (χ0) is 17.4. The van der Waals surface area contributed by atoms with Gasteiger partial charge in [-0.25, -0.2) is 0 Å². The van der Waals surface area contributed by atoms with Gasteiger partial charge in [-0.15, -0.1) is 0 Å². The number of hydrogen-bond donors (Lipinski definition) is 1. The van der Waals surface area contributed by atoms with Gasteiger partial charge >= 0.3 is 0 Å². The van der Waals surface area contributed by atoms with Crippen LogP contribution in [-0.2, 0) is 30.6 Å². The minimum absolute atomic E-state index is 0.0975. The minimum Gasteiger partial charge on any atom is -0.354 e. The van der Waals surface area contributed by atoms with Crippen LogP contribution in [0.3, 0.4) is 0 Å². The summed E-state index contributed by atoms with van der Waals surface area (Å²) in [7, 11) is 2.16. The highest BCUT2D eigenvalue weighted by molar-refractivity contribution is 5.80. The lowest BCUT2D eigenvalue weighted by molar-refractivity contribution is -0.125. The molecule has 1 aliphatic heterocycles. The fraction of sp³-hybridized carbons (Fsp3) is 0.409. The van der Waals surface area contributed by atoms with E-state index >= 15 is 0 Å². The Labute approximate surface area is 150 Å². The molecule has 0 aromatic heterocycles. The van der Waals surface area contributed by atoms with Crippen molar-refractivity contribution in [2.75, 3.05) is 13.6 Å². The van der Waals surface area contributed by atoms with Crippen LogP contribution >= 0.6 is 0 Å². The number of carbonyl (C=O) groups is 1. The molecule has 3 nitrogen and oxygen atoms in total. The topological polar surface area (TPSA) is 32.3 Å². The highest BCUT2D eigenvalue weighted by Gasteiger charge is 2.29. The molecule has 1 amide bonds. The largest absolute Gasteiger partial charge is 0.354 e. The summed E-state index contributed by atoms with van der Waals surface area (Å²) >= 11 is 0. The molecule has 0 saturated carbocycles. The second-order valence-electron chi connectivity index (χ2n) is 7.60. The van der Waals surface area contributed by atoms with E-state index in [0.29, 0.717) is 6.04 Å². The van der Waals surface area contributed by atoms with Crippen LogP contribution in [0.15, 0.2) is 42.5 Å². The maximum absolute atomic E-state index is 12.6. The molecule has 1 heterocycles. The number of nitrogens with one attached hydrogen (secondary N) is 1. The number of fused-ring (bicyclic) bond motifs is 2. The van der Waals surface area contributed by atoms with Crippen molar-refractivity contribution in [3.63, 3.8) is 0 Å². The Hall–Kier alpha value is -2.13. The van der Waals surface area contributed by atoms with Gasteiger partial charge in [0.1, 0.15) is 0 Å². The standard InChI is InChI=1S/C22H26N2O/c1-15-6-5-9-18-14-24(2)20(12-21(15)18)13-23-22(25)19-10-16-7-3-4-8-17(16)11-19/h3-9,19-20H,10-14H2,1-2H3,(H,23,25)/t20-/m1/s1. The highest BCUT2D eigenvalue weighted by atomic mass is 16.1. The lowest BCUT2D eigenvalue weighted by Gasteiger charge is -2.35. The molecule has 2 aliphatic rings. The summed E-state index contributed by atoms with van der Waals surface area (Å²) in [5.41, 5.74) is 6.93. The maximum Gasteiger partial charge on any atom is 0.223 e. The van der Waals surface area contributed by atoms with Crippen LogP contribution in [0.2, 0.25) is 0 Å². The van der Waals surface area contributed by atoms with Crippen LogP contribution in [0.5, 0.6) is 0 Å². The van der Waals surface area contributed by atoms with Gasteiger partial charge in [0.15, 0.2) is 0 Å². The normalized spacial score (nSPS) is 20.2. The van der Waals surface area contributed by atoms with Crippen molar-refractivity contribution >= 4 is 5.91 Å². The van der Waals surface area contributed by atoms with Gasteiger partial charge in [-0.1, -0.05) is 42.5 Å². The zero-order valence-electron chi connectivity index (χ0n) is 15.1. The number of aryl methyl sites for hydroxylation is 1. The van der Waals surface area contributed by atoms with Gasteiger partial charge in [0.2, 0.25) is 5.91 Å². The quantitative estimate of drug-likeness (QED) is 0.936. The van der Waals surface area contributed by atoms with E-state index in [1.54, 1.807) is 0 Å². The van der Waals surface area contributed by atoms with Gasteiger partial charge in [-0.2, -0.15) is 0 Å². The molecule has 1 N–H and O–H groups in total. The van der Waals surface area contributed by atoms with Gasteiger partial charge in [0, 0.05) is 25.0 Å². The van der Waals surface area contributed by atoms with Crippen molar-refractivity contribution in [2.45, 2.75) is 38.8 Å². The van der Waals surface area contributed by atoms with E-state index < -0.39 is 0 Å². The van der Waals surface area contributed by atoms with Crippen molar-refractivity contribution in [2.24, 2.45) is 5.92 Å². The van der Waals surface area contributed by atoms with Gasteiger partial charge in [-0.05, 0) is 61.1 Å². The Morgan fingerprint density at radius 2 is 1.72 bits per heavy atom. The Morgan fingerprint density at radius 1 is 1.04 bits per heavy atom. The number of hydrogen-bond acceptors (Lipinski definition) is 2. The number of likely N-dealkylation sites (N-methyl/N-ethyl adjacent to an activating group) is 1.